The summed E-state index contributed by atoms with van der Waals surface area (Å²) in [6.45, 7) is 6.81. The van der Waals surface area contributed by atoms with Crippen LogP contribution in [0.2, 0.25) is 0 Å². The van der Waals surface area contributed by atoms with Crippen LogP contribution in [-0.4, -0.2) is 11.1 Å². The molecule has 106 valence electrons. The van der Waals surface area contributed by atoms with Gasteiger partial charge in [-0.25, -0.2) is 0 Å². The van der Waals surface area contributed by atoms with Crippen LogP contribution in [0.5, 0.6) is 5.75 Å². The van der Waals surface area contributed by atoms with Gasteiger partial charge in [0.05, 0.1) is 0 Å². The van der Waals surface area contributed by atoms with Crippen molar-refractivity contribution in [3.63, 3.8) is 0 Å². The Labute approximate surface area is 117 Å². The van der Waals surface area contributed by atoms with E-state index in [1.807, 2.05) is 18.2 Å². The Morgan fingerprint density at radius 1 is 1.11 bits per heavy atom. The second-order valence-corrected chi connectivity index (χ2v) is 6.25. The van der Waals surface area contributed by atoms with Crippen LogP contribution in [0.15, 0.2) is 24.3 Å². The highest BCUT2D eigenvalue weighted by Gasteiger charge is 2.28. The maximum absolute atomic E-state index is 9.95. The average Bonchev–Trinajstić information content (AvgIpc) is 2.39. The molecule has 0 spiro atoms. The monoisotopic (exact) mass is 261 g/mol. The zero-order chi connectivity index (χ0) is 13.8. The van der Waals surface area contributed by atoms with Crippen LogP contribution in [0.25, 0.3) is 0 Å². The fraction of sp³-hybridized carbons (Fsp3) is 0.647. The van der Waals surface area contributed by atoms with E-state index in [4.69, 9.17) is 0 Å². The Kier molecular flexibility index (Phi) is 4.87. The minimum atomic E-state index is 0.213. The highest BCUT2D eigenvalue weighted by atomic mass is 16.3. The molecule has 0 aliphatic heterocycles. The first-order valence-electron chi connectivity index (χ1n) is 7.63. The highest BCUT2D eigenvalue weighted by Crippen LogP contribution is 2.32. The third-order valence-electron chi connectivity index (χ3n) is 4.54. The van der Waals surface area contributed by atoms with Gasteiger partial charge in [0, 0.05) is 17.6 Å². The van der Waals surface area contributed by atoms with Crippen molar-refractivity contribution in [1.29, 1.82) is 0 Å². The quantitative estimate of drug-likeness (QED) is 0.849. The molecule has 3 atom stereocenters. The molecule has 0 bridgehead atoms. The second kappa shape index (κ2) is 6.42. The molecule has 0 amide bonds. The summed E-state index contributed by atoms with van der Waals surface area (Å²) in [5.41, 5.74) is 1.01. The smallest absolute Gasteiger partial charge is 0.120 e. The van der Waals surface area contributed by atoms with Gasteiger partial charge >= 0.3 is 0 Å². The van der Waals surface area contributed by atoms with Gasteiger partial charge in [0.15, 0.2) is 0 Å². The fourth-order valence-electron chi connectivity index (χ4n) is 3.43. The third kappa shape index (κ3) is 3.50. The van der Waals surface area contributed by atoms with Crippen LogP contribution in [0.3, 0.4) is 0 Å². The summed E-state index contributed by atoms with van der Waals surface area (Å²) in [5.74, 6) is 1.90. The molecule has 3 unspecified atom stereocenters. The molecule has 1 aromatic carbocycles. The lowest BCUT2D eigenvalue weighted by molar-refractivity contribution is 0.194. The Morgan fingerprint density at radius 3 is 2.47 bits per heavy atom. The largest absolute Gasteiger partial charge is 0.508 e. The van der Waals surface area contributed by atoms with Crippen molar-refractivity contribution < 1.29 is 5.11 Å². The van der Waals surface area contributed by atoms with Crippen LogP contribution in [0, 0.1) is 11.8 Å². The zero-order valence-corrected chi connectivity index (χ0v) is 12.4. The van der Waals surface area contributed by atoms with E-state index >= 15 is 0 Å². The molecule has 19 heavy (non-hydrogen) atoms. The van der Waals surface area contributed by atoms with Crippen molar-refractivity contribution in [2.75, 3.05) is 0 Å². The molecular formula is C17H27NO. The molecule has 0 aromatic heterocycles. The van der Waals surface area contributed by atoms with E-state index in [1.165, 1.54) is 25.7 Å². The number of hydrogen-bond acceptors (Lipinski definition) is 2. The van der Waals surface area contributed by atoms with Gasteiger partial charge in [-0.3, -0.25) is 0 Å². The van der Waals surface area contributed by atoms with Crippen LogP contribution in [0.4, 0.5) is 0 Å². The molecule has 2 nitrogen and oxygen atoms in total. The maximum Gasteiger partial charge on any atom is 0.120 e. The fourth-order valence-corrected chi connectivity index (χ4v) is 3.43. The lowest BCUT2D eigenvalue weighted by Crippen LogP contribution is -2.42. The van der Waals surface area contributed by atoms with E-state index in [9.17, 15) is 5.11 Å². The second-order valence-electron chi connectivity index (χ2n) is 6.25. The van der Waals surface area contributed by atoms with Crippen molar-refractivity contribution in [2.24, 2.45) is 11.8 Å². The van der Waals surface area contributed by atoms with E-state index in [0.29, 0.717) is 11.8 Å². The van der Waals surface area contributed by atoms with Crippen molar-refractivity contribution >= 4 is 0 Å². The van der Waals surface area contributed by atoms with Gasteiger partial charge in [0.1, 0.15) is 5.75 Å². The van der Waals surface area contributed by atoms with Crippen molar-refractivity contribution in [3.8, 4) is 5.75 Å². The maximum atomic E-state index is 9.95. The van der Waals surface area contributed by atoms with E-state index in [-0.39, 0.29) is 6.04 Å². The average molecular weight is 261 g/mol. The Hall–Kier alpha value is -1.02. The summed E-state index contributed by atoms with van der Waals surface area (Å²) >= 11 is 0. The number of rotatable bonds is 4. The predicted molar refractivity (Wildman–Crippen MR) is 80.2 cm³/mol. The van der Waals surface area contributed by atoms with Gasteiger partial charge in [-0.05, 0) is 37.7 Å². The minimum absolute atomic E-state index is 0.213. The molecule has 1 aliphatic carbocycles. The van der Waals surface area contributed by atoms with E-state index in [2.05, 4.69) is 26.1 Å². The number of benzene rings is 1. The number of nitrogens with one attached hydrogen (secondary N) is 1. The van der Waals surface area contributed by atoms with E-state index in [1.54, 1.807) is 6.07 Å². The lowest BCUT2D eigenvalue weighted by atomic mass is 9.77. The highest BCUT2D eigenvalue weighted by molar-refractivity contribution is 5.34. The van der Waals surface area contributed by atoms with Gasteiger partial charge in [-0.1, -0.05) is 44.9 Å². The van der Waals surface area contributed by atoms with Crippen molar-refractivity contribution in [2.45, 2.75) is 58.5 Å². The first kappa shape index (κ1) is 14.4. The molecule has 2 N–H and O–H groups in total. The van der Waals surface area contributed by atoms with Crippen molar-refractivity contribution in [1.82, 2.24) is 5.32 Å². The van der Waals surface area contributed by atoms with E-state index < -0.39 is 0 Å². The molecule has 2 heteroatoms. The lowest BCUT2D eigenvalue weighted by Gasteiger charge is -2.37. The van der Waals surface area contributed by atoms with Crippen LogP contribution in [-0.2, 0) is 0 Å². The zero-order valence-electron chi connectivity index (χ0n) is 12.4. The molecule has 0 saturated heterocycles. The normalized spacial score (nSPS) is 25.5. The Morgan fingerprint density at radius 2 is 1.79 bits per heavy atom. The number of hydrogen-bond donors (Lipinski definition) is 2. The Bertz CT molecular complexity index is 402. The summed E-state index contributed by atoms with van der Waals surface area (Å²) in [5, 5.41) is 13.7. The first-order chi connectivity index (χ1) is 9.09. The number of phenolic OH excluding ortho intramolecular Hbond substituents is 1. The van der Waals surface area contributed by atoms with Gasteiger partial charge in [0.25, 0.3) is 0 Å². The van der Waals surface area contributed by atoms with Gasteiger partial charge in [-0.2, -0.15) is 0 Å². The van der Waals surface area contributed by atoms with Crippen LogP contribution >= 0.6 is 0 Å². The topological polar surface area (TPSA) is 32.3 Å². The molecular weight excluding hydrogens is 234 g/mol. The molecule has 1 aliphatic rings. The minimum Gasteiger partial charge on any atom is -0.508 e. The summed E-state index contributed by atoms with van der Waals surface area (Å²) in [4.78, 5) is 0. The van der Waals surface area contributed by atoms with Crippen molar-refractivity contribution in [3.05, 3.63) is 29.8 Å². The third-order valence-corrected chi connectivity index (χ3v) is 4.54. The molecule has 1 fully saturated rings. The molecule has 2 rings (SSSR count). The summed E-state index contributed by atoms with van der Waals surface area (Å²) in [6.07, 6.45) is 5.30. The predicted octanol–water partition coefficient (Wildman–Crippen LogP) is 4.26. The molecule has 0 radical (unpaired) electrons. The molecule has 0 heterocycles. The Balaban J connectivity index is 2.05. The van der Waals surface area contributed by atoms with Crippen LogP contribution < -0.4 is 5.32 Å². The standard InChI is InChI=1S/C17H27NO/c1-12(2)14-8-4-6-10-16(14)18-13(3)15-9-5-7-11-17(15)19/h5,7,9,11-14,16,18-19H,4,6,8,10H2,1-3H3. The van der Waals surface area contributed by atoms with Gasteiger partial charge < -0.3 is 10.4 Å². The first-order valence-corrected chi connectivity index (χ1v) is 7.63. The molecule has 1 aromatic rings. The SMILES string of the molecule is CC(NC1CCCCC1C(C)C)c1ccccc1O. The van der Waals surface area contributed by atoms with Gasteiger partial charge in [-0.15, -0.1) is 0 Å². The molecule has 1 saturated carbocycles. The summed E-state index contributed by atoms with van der Waals surface area (Å²) in [7, 11) is 0. The van der Waals surface area contributed by atoms with Gasteiger partial charge in [0.2, 0.25) is 0 Å². The number of aromatic hydroxyl groups is 1. The summed E-state index contributed by atoms with van der Waals surface area (Å²) < 4.78 is 0. The summed E-state index contributed by atoms with van der Waals surface area (Å²) in [6, 6.07) is 8.46. The number of para-hydroxylation sites is 1. The van der Waals surface area contributed by atoms with E-state index in [0.717, 1.165) is 17.4 Å². The van der Waals surface area contributed by atoms with Crippen LogP contribution in [0.1, 0.15) is 58.1 Å². The number of phenols is 1.